The van der Waals surface area contributed by atoms with Gasteiger partial charge in [-0.15, -0.1) is 0 Å². The summed E-state index contributed by atoms with van der Waals surface area (Å²) >= 11 is 0. The highest BCUT2D eigenvalue weighted by molar-refractivity contribution is 5.88. The Morgan fingerprint density at radius 3 is 2.29 bits per heavy atom. The van der Waals surface area contributed by atoms with E-state index in [-0.39, 0.29) is 17.7 Å². The minimum absolute atomic E-state index is 0.0407. The molecule has 0 heterocycles. The first kappa shape index (κ1) is 14.8. The fourth-order valence-electron chi connectivity index (χ4n) is 1.82. The summed E-state index contributed by atoms with van der Waals surface area (Å²) in [6, 6.07) is 11.1. The molecule has 0 spiro atoms. The second kappa shape index (κ2) is 6.74. The van der Waals surface area contributed by atoms with Crippen molar-refractivity contribution < 1.29 is 23.8 Å². The molecule has 0 aliphatic rings. The van der Waals surface area contributed by atoms with Crippen LogP contribution in [0.4, 0.5) is 4.39 Å². The van der Waals surface area contributed by atoms with Crippen LogP contribution in [0.2, 0.25) is 0 Å². The Labute approximate surface area is 121 Å². The molecule has 0 unspecified atom stereocenters. The number of benzene rings is 2. The number of hydrogen-bond donors (Lipinski definition) is 1. The van der Waals surface area contributed by atoms with Gasteiger partial charge >= 0.3 is 5.97 Å². The van der Waals surface area contributed by atoms with Crippen molar-refractivity contribution in [2.24, 2.45) is 0 Å². The molecule has 0 aliphatic carbocycles. The highest BCUT2D eigenvalue weighted by Crippen LogP contribution is 2.20. The Hall–Kier alpha value is -2.56. The van der Waals surface area contributed by atoms with Gasteiger partial charge in [0.2, 0.25) is 0 Å². The number of hydrogen-bond acceptors (Lipinski definition) is 3. The predicted molar refractivity (Wildman–Crippen MR) is 75.3 cm³/mol. The molecule has 2 rings (SSSR count). The van der Waals surface area contributed by atoms with Crippen LogP contribution in [0.15, 0.2) is 42.5 Å². The minimum atomic E-state index is -1.30. The minimum Gasteiger partial charge on any atom is -0.494 e. The molecule has 0 saturated heterocycles. The third-order valence-electron chi connectivity index (χ3n) is 2.84. The van der Waals surface area contributed by atoms with E-state index in [9.17, 15) is 9.18 Å². The Morgan fingerprint density at radius 2 is 1.71 bits per heavy atom. The van der Waals surface area contributed by atoms with E-state index in [1.807, 2.05) is 6.92 Å². The van der Waals surface area contributed by atoms with Gasteiger partial charge in [-0.2, -0.15) is 0 Å². The average Bonchev–Trinajstić information content (AvgIpc) is 2.48. The van der Waals surface area contributed by atoms with E-state index in [2.05, 4.69) is 0 Å². The van der Waals surface area contributed by atoms with Crippen LogP contribution in [0.5, 0.6) is 11.5 Å². The maximum atomic E-state index is 13.9. The van der Waals surface area contributed by atoms with Gasteiger partial charge in [0, 0.05) is 5.56 Å². The Kier molecular flexibility index (Phi) is 4.77. The highest BCUT2D eigenvalue weighted by Gasteiger charge is 2.13. The lowest BCUT2D eigenvalue weighted by Crippen LogP contribution is -2.06. The third-order valence-corrected chi connectivity index (χ3v) is 2.84. The van der Waals surface area contributed by atoms with E-state index < -0.39 is 11.8 Å². The normalized spacial score (nSPS) is 10.2. The van der Waals surface area contributed by atoms with E-state index in [1.165, 1.54) is 18.2 Å². The Bertz CT molecular complexity index is 623. The van der Waals surface area contributed by atoms with Crippen molar-refractivity contribution in [3.63, 3.8) is 0 Å². The number of carboxylic acid groups (broad SMARTS) is 1. The molecule has 1 N–H and O–H groups in total. The van der Waals surface area contributed by atoms with Crippen LogP contribution in [0.25, 0.3) is 0 Å². The lowest BCUT2D eigenvalue weighted by atomic mass is 10.1. The molecule has 0 bridgehead atoms. The Morgan fingerprint density at radius 1 is 1.10 bits per heavy atom. The van der Waals surface area contributed by atoms with Gasteiger partial charge in [0.05, 0.1) is 12.2 Å². The number of carbonyl (C=O) groups is 1. The van der Waals surface area contributed by atoms with Crippen LogP contribution in [-0.2, 0) is 6.61 Å². The number of halogens is 1. The zero-order valence-corrected chi connectivity index (χ0v) is 11.5. The molecule has 2 aromatic rings. The van der Waals surface area contributed by atoms with Gasteiger partial charge in [-0.25, -0.2) is 9.18 Å². The third kappa shape index (κ3) is 3.72. The smallest absolute Gasteiger partial charge is 0.338 e. The van der Waals surface area contributed by atoms with Crippen molar-refractivity contribution in [1.29, 1.82) is 0 Å². The monoisotopic (exact) mass is 290 g/mol. The zero-order valence-electron chi connectivity index (χ0n) is 11.5. The summed E-state index contributed by atoms with van der Waals surface area (Å²) in [4.78, 5) is 10.9. The van der Waals surface area contributed by atoms with Gasteiger partial charge < -0.3 is 14.6 Å². The SMILES string of the molecule is CCOc1ccc(OCc2cccc(C(=O)O)c2F)cc1. The molecular formula is C16H15FO4. The molecule has 110 valence electrons. The Balaban J connectivity index is 2.06. The quantitative estimate of drug-likeness (QED) is 0.884. The highest BCUT2D eigenvalue weighted by atomic mass is 19.1. The van der Waals surface area contributed by atoms with Crippen LogP contribution >= 0.6 is 0 Å². The number of rotatable bonds is 6. The van der Waals surface area contributed by atoms with Crippen LogP contribution in [0.3, 0.4) is 0 Å². The number of carboxylic acids is 1. The number of aromatic carboxylic acids is 1. The summed E-state index contributed by atoms with van der Waals surface area (Å²) in [7, 11) is 0. The fraction of sp³-hybridized carbons (Fsp3) is 0.188. The van der Waals surface area contributed by atoms with Crippen molar-refractivity contribution in [1.82, 2.24) is 0 Å². The van der Waals surface area contributed by atoms with Gasteiger partial charge in [-0.05, 0) is 37.3 Å². The van der Waals surface area contributed by atoms with Gasteiger partial charge in [-0.1, -0.05) is 12.1 Å². The van der Waals surface area contributed by atoms with Crippen molar-refractivity contribution >= 4 is 5.97 Å². The van der Waals surface area contributed by atoms with Crippen molar-refractivity contribution in [2.75, 3.05) is 6.61 Å². The summed E-state index contributed by atoms with van der Waals surface area (Å²) in [5.41, 5.74) is -0.161. The average molecular weight is 290 g/mol. The summed E-state index contributed by atoms with van der Waals surface area (Å²) < 4.78 is 24.7. The van der Waals surface area contributed by atoms with Gasteiger partial charge in [0.15, 0.2) is 0 Å². The van der Waals surface area contributed by atoms with Crippen LogP contribution in [-0.4, -0.2) is 17.7 Å². The van der Waals surface area contributed by atoms with Crippen molar-refractivity contribution in [3.8, 4) is 11.5 Å². The maximum absolute atomic E-state index is 13.9. The molecule has 2 aromatic carbocycles. The van der Waals surface area contributed by atoms with E-state index >= 15 is 0 Å². The molecular weight excluding hydrogens is 275 g/mol. The first-order valence-corrected chi connectivity index (χ1v) is 6.48. The molecule has 4 nitrogen and oxygen atoms in total. The van der Waals surface area contributed by atoms with Gasteiger partial charge in [0.25, 0.3) is 0 Å². The van der Waals surface area contributed by atoms with Crippen LogP contribution < -0.4 is 9.47 Å². The van der Waals surface area contributed by atoms with Crippen LogP contribution in [0, 0.1) is 5.82 Å². The largest absolute Gasteiger partial charge is 0.494 e. The maximum Gasteiger partial charge on any atom is 0.338 e. The second-order valence-corrected chi connectivity index (χ2v) is 4.28. The lowest BCUT2D eigenvalue weighted by Gasteiger charge is -2.09. The molecule has 5 heteroatoms. The molecule has 0 amide bonds. The molecule has 0 aliphatic heterocycles. The summed E-state index contributed by atoms with van der Waals surface area (Å²) in [5.74, 6) is -0.783. The van der Waals surface area contributed by atoms with Crippen LogP contribution in [0.1, 0.15) is 22.8 Å². The van der Waals surface area contributed by atoms with Crippen molar-refractivity contribution in [3.05, 3.63) is 59.4 Å². The predicted octanol–water partition coefficient (Wildman–Crippen LogP) is 3.50. The lowest BCUT2D eigenvalue weighted by molar-refractivity contribution is 0.0691. The van der Waals surface area contributed by atoms with E-state index in [0.717, 1.165) is 5.75 Å². The van der Waals surface area contributed by atoms with Gasteiger partial charge in [0.1, 0.15) is 23.9 Å². The second-order valence-electron chi connectivity index (χ2n) is 4.28. The molecule has 0 aromatic heterocycles. The molecule has 0 saturated carbocycles. The van der Waals surface area contributed by atoms with Gasteiger partial charge in [-0.3, -0.25) is 0 Å². The van der Waals surface area contributed by atoms with E-state index in [4.69, 9.17) is 14.6 Å². The summed E-state index contributed by atoms with van der Waals surface area (Å²) in [5, 5.41) is 8.86. The topological polar surface area (TPSA) is 55.8 Å². The first-order chi connectivity index (χ1) is 10.1. The summed E-state index contributed by atoms with van der Waals surface area (Å²) in [6.07, 6.45) is 0. The van der Waals surface area contributed by atoms with E-state index in [1.54, 1.807) is 24.3 Å². The molecule has 21 heavy (non-hydrogen) atoms. The zero-order chi connectivity index (χ0) is 15.2. The molecule has 0 fully saturated rings. The number of ether oxygens (including phenoxy) is 2. The van der Waals surface area contributed by atoms with Crippen molar-refractivity contribution in [2.45, 2.75) is 13.5 Å². The molecule has 0 radical (unpaired) electrons. The first-order valence-electron chi connectivity index (χ1n) is 6.48. The fourth-order valence-corrected chi connectivity index (χ4v) is 1.82. The summed E-state index contributed by atoms with van der Waals surface area (Å²) in [6.45, 7) is 2.43. The van der Waals surface area contributed by atoms with E-state index in [0.29, 0.717) is 12.4 Å². The molecule has 0 atom stereocenters. The standard InChI is InChI=1S/C16H15FO4/c1-2-20-12-6-8-13(9-7-12)21-10-11-4-3-5-14(15(11)17)16(18)19/h3-9H,2,10H2,1H3,(H,18,19).